The van der Waals surface area contributed by atoms with Gasteiger partial charge in [0.05, 0.1) is 14.2 Å². The smallest absolute Gasteiger partial charge is 0.200 e. The van der Waals surface area contributed by atoms with Crippen LogP contribution in [-0.4, -0.2) is 52.6 Å². The summed E-state index contributed by atoms with van der Waals surface area (Å²) in [6, 6.07) is 33.2. The Hall–Kier alpha value is -6.24. The Balaban J connectivity index is 1.19. The van der Waals surface area contributed by atoms with Gasteiger partial charge in [0.2, 0.25) is 11.6 Å². The van der Waals surface area contributed by atoms with Crippen molar-refractivity contribution in [2.45, 2.75) is 65.5 Å². The number of aryl methyl sites for hydroxylation is 6. The monoisotopic (exact) mass is 830 g/mol. The second-order valence-corrected chi connectivity index (χ2v) is 16.7. The SMILES string of the molecule is COc1ccc(NC(=S)c2c(-c3ccc(C)cc3)c3c4n(c(-c5nn6c(C(=S)Nc7ccc(OC)cc7)c(-c7ccc(C)cc7)c7c6n5CCCC7)nn24)CCCC3)cc1. The highest BCUT2D eigenvalue weighted by molar-refractivity contribution is 7.81. The van der Waals surface area contributed by atoms with Gasteiger partial charge in [-0.15, -0.1) is 10.2 Å². The van der Waals surface area contributed by atoms with Gasteiger partial charge in [-0.2, -0.15) is 0 Å². The number of nitrogens with zero attached hydrogens (tertiary/aromatic N) is 6. The maximum atomic E-state index is 6.34. The number of nitrogens with one attached hydrogen (secondary N) is 2. The molecule has 60 heavy (non-hydrogen) atoms. The molecule has 6 heterocycles. The van der Waals surface area contributed by atoms with Crippen LogP contribution in [0.3, 0.4) is 0 Å². The van der Waals surface area contributed by atoms with Gasteiger partial charge in [-0.3, -0.25) is 0 Å². The van der Waals surface area contributed by atoms with Gasteiger partial charge in [0, 0.05) is 46.7 Å². The first-order valence-corrected chi connectivity index (χ1v) is 21.5. The Morgan fingerprint density at radius 1 is 0.533 bits per heavy atom. The quantitative estimate of drug-likeness (QED) is 0.139. The molecular formula is C48H46N8O2S2. The van der Waals surface area contributed by atoms with E-state index in [0.29, 0.717) is 9.98 Å². The second kappa shape index (κ2) is 15.4. The highest BCUT2D eigenvalue weighted by atomic mass is 32.1. The topological polar surface area (TPSA) is 87.0 Å². The summed E-state index contributed by atoms with van der Waals surface area (Å²) in [4.78, 5) is 1.20. The summed E-state index contributed by atoms with van der Waals surface area (Å²) in [7, 11) is 3.35. The third kappa shape index (κ3) is 6.45. The molecule has 12 heteroatoms. The number of benzene rings is 4. The van der Waals surface area contributed by atoms with Crippen LogP contribution in [0.2, 0.25) is 0 Å². The van der Waals surface area contributed by atoms with Gasteiger partial charge in [-0.05, 0) is 112 Å². The van der Waals surface area contributed by atoms with E-state index in [1.807, 2.05) is 48.5 Å². The molecule has 10 nitrogen and oxygen atoms in total. The highest BCUT2D eigenvalue weighted by Gasteiger charge is 2.34. The summed E-state index contributed by atoms with van der Waals surface area (Å²) in [6.07, 6.45) is 5.97. The molecule has 2 aliphatic rings. The normalized spacial score (nSPS) is 13.6. The Bertz CT molecular complexity index is 2730. The minimum Gasteiger partial charge on any atom is -0.497 e. The number of thiocarbonyl (C=S) groups is 2. The maximum Gasteiger partial charge on any atom is 0.200 e. The van der Waals surface area contributed by atoms with Crippen molar-refractivity contribution < 1.29 is 9.47 Å². The van der Waals surface area contributed by atoms with Gasteiger partial charge >= 0.3 is 0 Å². The third-order valence-electron chi connectivity index (χ3n) is 12.0. The third-order valence-corrected chi connectivity index (χ3v) is 12.6. The summed E-state index contributed by atoms with van der Waals surface area (Å²) >= 11 is 12.7. The van der Waals surface area contributed by atoms with Crippen molar-refractivity contribution in [1.29, 1.82) is 0 Å². The van der Waals surface area contributed by atoms with E-state index in [4.69, 9.17) is 44.1 Å². The number of rotatable bonds is 9. The van der Waals surface area contributed by atoms with Gasteiger partial charge in [0.1, 0.15) is 44.2 Å². The van der Waals surface area contributed by atoms with Crippen LogP contribution in [0.5, 0.6) is 11.5 Å². The summed E-state index contributed by atoms with van der Waals surface area (Å²) in [6.45, 7) is 5.87. The molecule has 0 saturated carbocycles. The van der Waals surface area contributed by atoms with Crippen LogP contribution in [0, 0.1) is 13.8 Å². The van der Waals surface area contributed by atoms with Crippen molar-refractivity contribution in [3.8, 4) is 45.4 Å². The van der Waals surface area contributed by atoms with E-state index in [1.165, 1.54) is 22.3 Å². The van der Waals surface area contributed by atoms with Crippen molar-refractivity contribution in [3.63, 3.8) is 0 Å². The lowest BCUT2D eigenvalue weighted by Gasteiger charge is -2.13. The van der Waals surface area contributed by atoms with Crippen LogP contribution in [0.15, 0.2) is 97.1 Å². The maximum absolute atomic E-state index is 6.34. The van der Waals surface area contributed by atoms with Crippen LogP contribution in [0.4, 0.5) is 11.4 Å². The first-order valence-electron chi connectivity index (χ1n) is 20.6. The molecule has 0 aliphatic carbocycles. The molecule has 4 aromatic heterocycles. The van der Waals surface area contributed by atoms with Crippen LogP contribution < -0.4 is 20.1 Å². The predicted molar refractivity (Wildman–Crippen MR) is 248 cm³/mol. The molecule has 4 aromatic carbocycles. The summed E-state index contributed by atoms with van der Waals surface area (Å²) in [5, 5.41) is 18.2. The van der Waals surface area contributed by atoms with Gasteiger partial charge < -0.3 is 29.2 Å². The molecule has 0 unspecified atom stereocenters. The van der Waals surface area contributed by atoms with Crippen molar-refractivity contribution in [3.05, 3.63) is 131 Å². The summed E-state index contributed by atoms with van der Waals surface area (Å²) in [5.41, 5.74) is 15.1. The number of aromatic nitrogens is 6. The van der Waals surface area contributed by atoms with Crippen LogP contribution >= 0.6 is 24.4 Å². The molecule has 2 N–H and O–H groups in total. The van der Waals surface area contributed by atoms with Crippen molar-refractivity contribution >= 4 is 57.1 Å². The zero-order valence-corrected chi connectivity index (χ0v) is 35.8. The van der Waals surface area contributed by atoms with E-state index in [9.17, 15) is 0 Å². The van der Waals surface area contributed by atoms with Crippen molar-refractivity contribution in [2.75, 3.05) is 24.9 Å². The predicted octanol–water partition coefficient (Wildman–Crippen LogP) is 10.5. The van der Waals surface area contributed by atoms with Crippen molar-refractivity contribution in [1.82, 2.24) is 28.4 Å². The molecule has 0 saturated heterocycles. The van der Waals surface area contributed by atoms with Crippen LogP contribution in [0.1, 0.15) is 59.3 Å². The summed E-state index contributed by atoms with van der Waals surface area (Å²) < 4.78 is 19.8. The molecule has 302 valence electrons. The lowest BCUT2D eigenvalue weighted by molar-refractivity contribution is 0.415. The molecule has 2 aliphatic heterocycles. The first-order chi connectivity index (χ1) is 29.3. The summed E-state index contributed by atoms with van der Waals surface area (Å²) in [5.74, 6) is 3.22. The number of hydrogen-bond donors (Lipinski definition) is 2. The number of hydrogen-bond acceptors (Lipinski definition) is 6. The number of anilines is 2. The zero-order chi connectivity index (χ0) is 41.1. The number of ether oxygens (including phenoxy) is 2. The minimum atomic E-state index is 0.602. The average molecular weight is 831 g/mol. The van der Waals surface area contributed by atoms with E-state index in [0.717, 1.165) is 131 Å². The van der Waals surface area contributed by atoms with E-state index in [1.54, 1.807) is 14.2 Å². The van der Waals surface area contributed by atoms with Gasteiger partial charge in [0.25, 0.3) is 0 Å². The Labute approximate surface area is 359 Å². The minimum absolute atomic E-state index is 0.602. The Kier molecular flexibility index (Phi) is 9.76. The largest absolute Gasteiger partial charge is 0.497 e. The van der Waals surface area contributed by atoms with E-state index < -0.39 is 0 Å². The van der Waals surface area contributed by atoms with Crippen LogP contribution in [-0.2, 0) is 25.9 Å². The molecular weight excluding hydrogens is 785 g/mol. The zero-order valence-electron chi connectivity index (χ0n) is 34.2. The molecule has 0 radical (unpaired) electrons. The standard InChI is InChI=1S/C48H46N8O2S2/c1-29-11-15-31(16-12-29)39-37-9-5-7-27-53-43(51-55(47(37)53)41(39)45(59)49-33-19-23-35(57-3)24-20-33)44-52-56-42(46(60)50-34-21-25-36(58-4)26-22-34)40(32-17-13-30(2)14-18-32)38-10-6-8-28-54(44)48(38)56/h11-26H,5-10,27-28H2,1-4H3,(H,49,59)(H,50,60). The lowest BCUT2D eigenvalue weighted by atomic mass is 9.97. The molecule has 10 rings (SSSR count). The molecule has 0 atom stereocenters. The number of methoxy groups -OCH3 is 2. The fourth-order valence-corrected chi connectivity index (χ4v) is 9.63. The lowest BCUT2D eigenvalue weighted by Crippen LogP contribution is -2.15. The fraction of sp³-hybridized carbons (Fsp3) is 0.250. The van der Waals surface area contributed by atoms with Gasteiger partial charge in [-0.25, -0.2) is 9.03 Å². The van der Waals surface area contributed by atoms with E-state index in [2.05, 4.69) is 91.2 Å². The van der Waals surface area contributed by atoms with Gasteiger partial charge in [-0.1, -0.05) is 84.1 Å². The van der Waals surface area contributed by atoms with Crippen LogP contribution in [0.25, 0.3) is 45.2 Å². The first kappa shape index (κ1) is 38.0. The molecule has 0 spiro atoms. The second-order valence-electron chi connectivity index (χ2n) is 15.8. The highest BCUT2D eigenvalue weighted by Crippen LogP contribution is 2.42. The Morgan fingerprint density at radius 2 is 0.917 bits per heavy atom. The van der Waals surface area contributed by atoms with Crippen molar-refractivity contribution in [2.24, 2.45) is 0 Å². The average Bonchev–Trinajstić information content (AvgIpc) is 3.88. The Morgan fingerprint density at radius 3 is 1.28 bits per heavy atom. The van der Waals surface area contributed by atoms with E-state index >= 15 is 0 Å². The molecule has 0 amide bonds. The van der Waals surface area contributed by atoms with Gasteiger partial charge in [0.15, 0.2) is 0 Å². The van der Waals surface area contributed by atoms with E-state index in [-0.39, 0.29) is 0 Å². The fourth-order valence-electron chi connectivity index (χ4n) is 9.02. The molecule has 0 bridgehead atoms. The molecule has 0 fully saturated rings. The molecule has 8 aromatic rings.